The molecule has 162 valence electrons. The first-order valence-electron chi connectivity index (χ1n) is 10.5. The molecule has 1 saturated carbocycles. The normalized spacial score (nSPS) is 23.0. The summed E-state index contributed by atoms with van der Waals surface area (Å²) >= 11 is 0. The maximum Gasteiger partial charge on any atom is 0.407 e. The Balaban J connectivity index is 1.33. The first-order chi connectivity index (χ1) is 14.4. The number of nitrogens with one attached hydrogen (secondary N) is 2. The number of hydrogen-bond acceptors (Lipinski definition) is 5. The van der Waals surface area contributed by atoms with Gasteiger partial charge in [0.1, 0.15) is 17.7 Å². The topological polar surface area (TPSA) is 87.7 Å². The second-order valence-electron chi connectivity index (χ2n) is 8.24. The molecule has 9 heteroatoms. The third kappa shape index (κ3) is 4.39. The van der Waals surface area contributed by atoms with E-state index in [9.17, 15) is 23.2 Å². The third-order valence-corrected chi connectivity index (χ3v) is 6.07. The zero-order valence-corrected chi connectivity index (χ0v) is 16.6. The zero-order valence-electron chi connectivity index (χ0n) is 16.6. The minimum atomic E-state index is -1.02. The zero-order chi connectivity index (χ0) is 21.3. The van der Waals surface area contributed by atoms with Gasteiger partial charge in [-0.2, -0.15) is 0 Å². The van der Waals surface area contributed by atoms with Crippen molar-refractivity contribution < 1.29 is 27.9 Å². The lowest BCUT2D eigenvalue weighted by Crippen LogP contribution is -2.54. The monoisotopic (exact) mass is 421 g/mol. The van der Waals surface area contributed by atoms with E-state index in [4.69, 9.17) is 4.74 Å². The lowest BCUT2D eigenvalue weighted by molar-refractivity contribution is -0.134. The van der Waals surface area contributed by atoms with Gasteiger partial charge in [-0.15, -0.1) is 0 Å². The number of rotatable bonds is 4. The van der Waals surface area contributed by atoms with E-state index in [1.807, 2.05) is 0 Å². The van der Waals surface area contributed by atoms with Gasteiger partial charge in [0.2, 0.25) is 11.8 Å². The molecular weight excluding hydrogens is 396 g/mol. The van der Waals surface area contributed by atoms with E-state index < -0.39 is 35.5 Å². The lowest BCUT2D eigenvalue weighted by Gasteiger charge is -2.40. The van der Waals surface area contributed by atoms with Crippen molar-refractivity contribution in [3.8, 4) is 0 Å². The van der Waals surface area contributed by atoms with Gasteiger partial charge in [0, 0.05) is 23.7 Å². The number of benzene rings is 1. The highest BCUT2D eigenvalue weighted by molar-refractivity contribution is 6.01. The number of ether oxygens (including phenoxy) is 1. The van der Waals surface area contributed by atoms with Crippen LogP contribution in [0.3, 0.4) is 0 Å². The van der Waals surface area contributed by atoms with Gasteiger partial charge in [-0.05, 0) is 31.4 Å². The van der Waals surface area contributed by atoms with E-state index in [-0.39, 0.29) is 30.6 Å². The number of halogens is 2. The van der Waals surface area contributed by atoms with Crippen LogP contribution in [0.5, 0.6) is 0 Å². The molecule has 0 radical (unpaired) electrons. The van der Waals surface area contributed by atoms with Crippen LogP contribution in [0.2, 0.25) is 0 Å². The number of imide groups is 1. The smallest absolute Gasteiger partial charge is 0.407 e. The highest BCUT2D eigenvalue weighted by atomic mass is 19.1. The van der Waals surface area contributed by atoms with E-state index in [0.717, 1.165) is 25.7 Å². The average molecular weight is 421 g/mol. The molecule has 1 unspecified atom stereocenters. The van der Waals surface area contributed by atoms with Crippen LogP contribution in [-0.2, 0) is 14.3 Å². The number of alkyl carbamates (subject to hydrolysis) is 1. The molecule has 0 aromatic heterocycles. The van der Waals surface area contributed by atoms with Crippen molar-refractivity contribution in [1.29, 1.82) is 0 Å². The molecule has 7 nitrogen and oxygen atoms in total. The van der Waals surface area contributed by atoms with Gasteiger partial charge < -0.3 is 15.0 Å². The summed E-state index contributed by atoms with van der Waals surface area (Å²) in [6, 6.07) is 2.52. The fourth-order valence-electron chi connectivity index (χ4n) is 4.38. The predicted molar refractivity (Wildman–Crippen MR) is 104 cm³/mol. The molecule has 1 aromatic carbocycles. The number of hydrogen-bond donors (Lipinski definition) is 2. The van der Waals surface area contributed by atoms with E-state index in [2.05, 4.69) is 10.6 Å². The van der Waals surface area contributed by atoms with Crippen molar-refractivity contribution in [3.63, 3.8) is 0 Å². The molecule has 3 aliphatic rings. The summed E-state index contributed by atoms with van der Waals surface area (Å²) in [5, 5.41) is 5.00. The molecule has 1 aliphatic carbocycles. The van der Waals surface area contributed by atoms with Crippen molar-refractivity contribution in [3.05, 3.63) is 29.3 Å². The second kappa shape index (κ2) is 8.57. The number of anilines is 1. The molecule has 0 bridgehead atoms. The average Bonchev–Trinajstić information content (AvgIpc) is 2.66. The summed E-state index contributed by atoms with van der Waals surface area (Å²) in [6.45, 7) is 0.684. The van der Waals surface area contributed by atoms with E-state index >= 15 is 0 Å². The molecule has 2 aliphatic heterocycles. The maximum atomic E-state index is 14.6. The summed E-state index contributed by atoms with van der Waals surface area (Å²) in [7, 11) is 0. The number of carbonyl (C=O) groups excluding carboxylic acids is 3. The fourth-order valence-corrected chi connectivity index (χ4v) is 4.38. The molecule has 3 amide bonds. The third-order valence-electron chi connectivity index (χ3n) is 6.07. The molecular formula is C21H25F2N3O4. The molecule has 30 heavy (non-hydrogen) atoms. The standard InChI is InChI=1S/C21H25F2N3O4/c22-16-8-13(9-17(23)19(16)15-6-7-18(27)25-20(15)28)26-10-14(11-26)30-21(29)24-12-4-2-1-3-5-12/h8-9,12,14-15H,1-7,10-11H2,(H,24,29)(H,25,27,28). The molecule has 1 aromatic rings. The second-order valence-corrected chi connectivity index (χ2v) is 8.24. The number of amides is 3. The van der Waals surface area contributed by atoms with E-state index in [0.29, 0.717) is 18.8 Å². The molecule has 2 saturated heterocycles. The first kappa shape index (κ1) is 20.6. The van der Waals surface area contributed by atoms with Crippen LogP contribution in [-0.4, -0.2) is 43.1 Å². The van der Waals surface area contributed by atoms with Crippen molar-refractivity contribution in [2.45, 2.75) is 63.0 Å². The molecule has 0 spiro atoms. The van der Waals surface area contributed by atoms with Crippen LogP contribution < -0.4 is 15.5 Å². The van der Waals surface area contributed by atoms with Crippen LogP contribution in [0, 0.1) is 11.6 Å². The summed E-state index contributed by atoms with van der Waals surface area (Å²) in [5.41, 5.74) is 0.0116. The number of piperidine rings is 1. The fraction of sp³-hybridized carbons (Fsp3) is 0.571. The Kier molecular flexibility index (Phi) is 5.87. The van der Waals surface area contributed by atoms with Crippen LogP contribution in [0.1, 0.15) is 56.4 Å². The van der Waals surface area contributed by atoms with Gasteiger partial charge in [0.15, 0.2) is 0 Å². The van der Waals surface area contributed by atoms with Crippen molar-refractivity contribution in [2.24, 2.45) is 0 Å². The predicted octanol–water partition coefficient (Wildman–Crippen LogP) is 2.73. The van der Waals surface area contributed by atoms with Gasteiger partial charge >= 0.3 is 6.09 Å². The quantitative estimate of drug-likeness (QED) is 0.730. The first-order valence-corrected chi connectivity index (χ1v) is 10.5. The number of carbonyl (C=O) groups is 3. The maximum absolute atomic E-state index is 14.6. The summed E-state index contributed by atoms with van der Waals surface area (Å²) in [5.74, 6) is -3.78. The Labute approximate surface area is 173 Å². The Morgan fingerprint density at radius 2 is 1.73 bits per heavy atom. The Hall–Kier alpha value is -2.71. The molecule has 2 N–H and O–H groups in total. The Morgan fingerprint density at radius 3 is 2.37 bits per heavy atom. The van der Waals surface area contributed by atoms with Crippen molar-refractivity contribution >= 4 is 23.6 Å². The van der Waals surface area contributed by atoms with Crippen LogP contribution >= 0.6 is 0 Å². The summed E-state index contributed by atoms with van der Waals surface area (Å²) in [6.07, 6.45) is 4.67. The van der Waals surface area contributed by atoms with Crippen LogP contribution in [0.4, 0.5) is 19.3 Å². The Bertz CT molecular complexity index is 828. The SMILES string of the molecule is O=C1CCC(c2c(F)cc(N3CC(OC(=O)NC4CCCCC4)C3)cc2F)C(=O)N1. The van der Waals surface area contributed by atoms with E-state index in [1.54, 1.807) is 4.90 Å². The van der Waals surface area contributed by atoms with Gasteiger partial charge in [0.05, 0.1) is 19.0 Å². The highest BCUT2D eigenvalue weighted by Crippen LogP contribution is 2.33. The molecule has 4 rings (SSSR count). The Morgan fingerprint density at radius 1 is 1.07 bits per heavy atom. The van der Waals surface area contributed by atoms with Crippen LogP contribution in [0.25, 0.3) is 0 Å². The van der Waals surface area contributed by atoms with Crippen molar-refractivity contribution in [2.75, 3.05) is 18.0 Å². The molecule has 1 atom stereocenters. The number of nitrogens with zero attached hydrogens (tertiary/aromatic N) is 1. The van der Waals surface area contributed by atoms with Gasteiger partial charge in [-0.25, -0.2) is 13.6 Å². The summed E-state index contributed by atoms with van der Waals surface area (Å²) < 4.78 is 34.6. The lowest BCUT2D eigenvalue weighted by atomic mass is 9.89. The highest BCUT2D eigenvalue weighted by Gasteiger charge is 2.35. The van der Waals surface area contributed by atoms with Gasteiger partial charge in [-0.1, -0.05) is 19.3 Å². The molecule has 2 heterocycles. The minimum Gasteiger partial charge on any atom is -0.442 e. The van der Waals surface area contributed by atoms with Gasteiger partial charge in [-0.3, -0.25) is 14.9 Å². The largest absolute Gasteiger partial charge is 0.442 e. The minimum absolute atomic E-state index is 0.0467. The van der Waals surface area contributed by atoms with Crippen LogP contribution in [0.15, 0.2) is 12.1 Å². The molecule has 3 fully saturated rings. The van der Waals surface area contributed by atoms with E-state index in [1.165, 1.54) is 18.6 Å². The summed E-state index contributed by atoms with van der Waals surface area (Å²) in [4.78, 5) is 36.9. The van der Waals surface area contributed by atoms with Crippen molar-refractivity contribution in [1.82, 2.24) is 10.6 Å². The van der Waals surface area contributed by atoms with Gasteiger partial charge in [0.25, 0.3) is 0 Å².